The topological polar surface area (TPSA) is 44.6 Å². The fourth-order valence-corrected chi connectivity index (χ4v) is 3.31. The number of fused-ring (bicyclic) bond motifs is 1. The Labute approximate surface area is 173 Å². The maximum absolute atomic E-state index is 4.33. The molecule has 1 atom stereocenters. The molecular weight excluding hydrogens is 437 g/mol. The fourth-order valence-electron chi connectivity index (χ4n) is 3.31. The minimum atomic E-state index is 0. The summed E-state index contributed by atoms with van der Waals surface area (Å²) in [6.07, 6.45) is 5.30. The van der Waals surface area contributed by atoms with Gasteiger partial charge in [-0.3, -0.25) is 9.89 Å². The third kappa shape index (κ3) is 5.74. The SMILES string of the molecule is CN=C(NCCn1cccc1)NCC(C)N1CCc2ccccc2C1.I. The number of halogens is 1. The number of aromatic nitrogens is 1. The second-order valence-electron chi connectivity index (χ2n) is 6.64. The van der Waals surface area contributed by atoms with Gasteiger partial charge in [0.05, 0.1) is 0 Å². The zero-order valence-corrected chi connectivity index (χ0v) is 18.0. The number of nitrogens with zero attached hydrogens (tertiary/aromatic N) is 3. The van der Waals surface area contributed by atoms with Crippen molar-refractivity contribution in [3.05, 3.63) is 59.9 Å². The highest BCUT2D eigenvalue weighted by Gasteiger charge is 2.20. The van der Waals surface area contributed by atoms with Gasteiger partial charge in [-0.25, -0.2) is 0 Å². The zero-order chi connectivity index (χ0) is 17.5. The summed E-state index contributed by atoms with van der Waals surface area (Å²) in [7, 11) is 1.83. The molecule has 6 heteroatoms. The fraction of sp³-hybridized carbons (Fsp3) is 0.450. The Morgan fingerprint density at radius 3 is 2.58 bits per heavy atom. The molecule has 0 radical (unpaired) electrons. The summed E-state index contributed by atoms with van der Waals surface area (Å²) >= 11 is 0. The van der Waals surface area contributed by atoms with Crippen molar-refractivity contribution in [2.45, 2.75) is 32.5 Å². The lowest BCUT2D eigenvalue weighted by Gasteiger charge is -2.34. The highest BCUT2D eigenvalue weighted by Crippen LogP contribution is 2.19. The molecule has 0 bridgehead atoms. The van der Waals surface area contributed by atoms with Crippen LogP contribution in [0, 0.1) is 0 Å². The van der Waals surface area contributed by atoms with Crippen molar-refractivity contribution in [1.29, 1.82) is 0 Å². The Bertz CT molecular complexity index is 683. The Balaban J connectivity index is 0.00000243. The molecule has 0 amide bonds. The summed E-state index contributed by atoms with van der Waals surface area (Å²) in [5.41, 5.74) is 2.97. The molecule has 5 nitrogen and oxygen atoms in total. The van der Waals surface area contributed by atoms with Crippen molar-refractivity contribution < 1.29 is 0 Å². The second-order valence-corrected chi connectivity index (χ2v) is 6.64. The van der Waals surface area contributed by atoms with Gasteiger partial charge in [0.15, 0.2) is 5.96 Å². The van der Waals surface area contributed by atoms with E-state index in [0.717, 1.165) is 45.1 Å². The summed E-state index contributed by atoms with van der Waals surface area (Å²) < 4.78 is 2.16. The summed E-state index contributed by atoms with van der Waals surface area (Å²) in [5.74, 6) is 0.872. The van der Waals surface area contributed by atoms with Crippen molar-refractivity contribution in [1.82, 2.24) is 20.1 Å². The summed E-state index contributed by atoms with van der Waals surface area (Å²) in [6, 6.07) is 13.4. The third-order valence-corrected chi connectivity index (χ3v) is 4.90. The van der Waals surface area contributed by atoms with E-state index in [0.29, 0.717) is 6.04 Å². The van der Waals surface area contributed by atoms with Crippen LogP contribution in [0.3, 0.4) is 0 Å². The Morgan fingerprint density at radius 1 is 1.12 bits per heavy atom. The summed E-state index contributed by atoms with van der Waals surface area (Å²) in [4.78, 5) is 6.87. The molecule has 2 N–H and O–H groups in total. The normalized spacial score (nSPS) is 15.7. The predicted molar refractivity (Wildman–Crippen MR) is 119 cm³/mol. The van der Waals surface area contributed by atoms with Gasteiger partial charge in [0.1, 0.15) is 0 Å². The molecule has 3 rings (SSSR count). The first-order chi connectivity index (χ1) is 12.3. The van der Waals surface area contributed by atoms with Crippen LogP contribution in [-0.2, 0) is 19.5 Å². The van der Waals surface area contributed by atoms with Crippen molar-refractivity contribution in [2.75, 3.05) is 26.7 Å². The monoisotopic (exact) mass is 467 g/mol. The summed E-state index contributed by atoms with van der Waals surface area (Å²) in [6.45, 7) is 7.14. The predicted octanol–water partition coefficient (Wildman–Crippen LogP) is 2.72. The first-order valence-corrected chi connectivity index (χ1v) is 9.12. The molecule has 0 saturated carbocycles. The minimum absolute atomic E-state index is 0. The number of hydrogen-bond donors (Lipinski definition) is 2. The van der Waals surface area contributed by atoms with Crippen LogP contribution >= 0.6 is 24.0 Å². The van der Waals surface area contributed by atoms with Crippen LogP contribution in [0.5, 0.6) is 0 Å². The van der Waals surface area contributed by atoms with Gasteiger partial charge in [-0.05, 0) is 36.6 Å². The van der Waals surface area contributed by atoms with Gasteiger partial charge in [-0.2, -0.15) is 0 Å². The Morgan fingerprint density at radius 2 is 1.85 bits per heavy atom. The van der Waals surface area contributed by atoms with E-state index >= 15 is 0 Å². The van der Waals surface area contributed by atoms with Gasteiger partial charge >= 0.3 is 0 Å². The van der Waals surface area contributed by atoms with Gasteiger partial charge in [-0.15, -0.1) is 24.0 Å². The maximum atomic E-state index is 4.33. The van der Waals surface area contributed by atoms with Crippen molar-refractivity contribution in [3.8, 4) is 0 Å². The molecule has 0 aliphatic carbocycles. The van der Waals surface area contributed by atoms with E-state index in [-0.39, 0.29) is 24.0 Å². The number of hydrogen-bond acceptors (Lipinski definition) is 2. The lowest BCUT2D eigenvalue weighted by atomic mass is 9.99. The third-order valence-electron chi connectivity index (χ3n) is 4.90. The van der Waals surface area contributed by atoms with Gasteiger partial charge in [0.2, 0.25) is 0 Å². The van der Waals surface area contributed by atoms with E-state index in [9.17, 15) is 0 Å². The zero-order valence-electron chi connectivity index (χ0n) is 15.7. The van der Waals surface area contributed by atoms with Crippen LogP contribution in [0.15, 0.2) is 53.8 Å². The van der Waals surface area contributed by atoms with Crippen LogP contribution in [0.4, 0.5) is 0 Å². The van der Waals surface area contributed by atoms with Gasteiger partial charge in [0.25, 0.3) is 0 Å². The first-order valence-electron chi connectivity index (χ1n) is 9.12. The largest absolute Gasteiger partial charge is 0.355 e. The first kappa shape index (κ1) is 20.8. The molecule has 1 aliphatic rings. The number of benzene rings is 1. The van der Waals surface area contributed by atoms with Crippen molar-refractivity contribution >= 4 is 29.9 Å². The standard InChI is InChI=1S/C20H29N5.HI/c1-17(25-13-9-18-7-3-4-8-19(18)16-25)15-23-20(21-2)22-10-14-24-11-5-6-12-24;/h3-8,11-12,17H,9-10,13-16H2,1-2H3,(H2,21,22,23);1H. The maximum Gasteiger partial charge on any atom is 0.191 e. The Kier molecular flexibility index (Phi) is 8.44. The van der Waals surface area contributed by atoms with E-state index in [1.165, 1.54) is 11.1 Å². The average Bonchev–Trinajstić information content (AvgIpc) is 3.17. The van der Waals surface area contributed by atoms with E-state index in [2.05, 4.69) is 68.7 Å². The number of guanidine groups is 1. The number of nitrogens with one attached hydrogen (secondary N) is 2. The lowest BCUT2D eigenvalue weighted by Crippen LogP contribution is -2.47. The molecule has 0 saturated heterocycles. The van der Waals surface area contributed by atoms with E-state index < -0.39 is 0 Å². The molecule has 26 heavy (non-hydrogen) atoms. The lowest BCUT2D eigenvalue weighted by molar-refractivity contribution is 0.191. The Hall–Kier alpha value is -1.54. The molecule has 1 aromatic heterocycles. The molecule has 2 heterocycles. The molecule has 142 valence electrons. The van der Waals surface area contributed by atoms with Crippen LogP contribution < -0.4 is 10.6 Å². The smallest absolute Gasteiger partial charge is 0.191 e. The van der Waals surface area contributed by atoms with Gasteiger partial charge in [0, 0.05) is 58.2 Å². The molecule has 2 aromatic rings. The van der Waals surface area contributed by atoms with Gasteiger partial charge < -0.3 is 15.2 Å². The van der Waals surface area contributed by atoms with Crippen LogP contribution in [0.1, 0.15) is 18.1 Å². The summed E-state index contributed by atoms with van der Waals surface area (Å²) in [5, 5.41) is 6.84. The van der Waals surface area contributed by atoms with Crippen LogP contribution in [-0.4, -0.2) is 48.2 Å². The minimum Gasteiger partial charge on any atom is -0.355 e. The number of aliphatic imine (C=N–C) groups is 1. The second kappa shape index (κ2) is 10.6. The van der Waals surface area contributed by atoms with Gasteiger partial charge in [-0.1, -0.05) is 24.3 Å². The van der Waals surface area contributed by atoms with E-state index in [1.807, 2.05) is 19.2 Å². The quantitative estimate of drug-likeness (QED) is 0.390. The van der Waals surface area contributed by atoms with E-state index in [4.69, 9.17) is 0 Å². The average molecular weight is 467 g/mol. The van der Waals surface area contributed by atoms with E-state index in [1.54, 1.807) is 0 Å². The molecule has 0 fully saturated rings. The van der Waals surface area contributed by atoms with Crippen LogP contribution in [0.2, 0.25) is 0 Å². The van der Waals surface area contributed by atoms with Crippen molar-refractivity contribution in [3.63, 3.8) is 0 Å². The molecule has 1 aromatic carbocycles. The highest BCUT2D eigenvalue weighted by atomic mass is 127. The van der Waals surface area contributed by atoms with Crippen molar-refractivity contribution in [2.24, 2.45) is 4.99 Å². The molecular formula is C20H30IN5. The van der Waals surface area contributed by atoms with Crippen LogP contribution in [0.25, 0.3) is 0 Å². The molecule has 0 spiro atoms. The molecule has 1 unspecified atom stereocenters. The highest BCUT2D eigenvalue weighted by molar-refractivity contribution is 14.0. The molecule has 1 aliphatic heterocycles. The number of rotatable bonds is 6.